The van der Waals surface area contributed by atoms with Crippen LogP contribution in [0.3, 0.4) is 0 Å². The van der Waals surface area contributed by atoms with Gasteiger partial charge in [0.15, 0.2) is 0 Å². The van der Waals surface area contributed by atoms with Crippen molar-refractivity contribution in [3.63, 3.8) is 0 Å². The summed E-state index contributed by atoms with van der Waals surface area (Å²) in [5.41, 5.74) is 0. The Labute approximate surface area is 93.6 Å². The van der Waals surface area contributed by atoms with Gasteiger partial charge >= 0.3 is 0 Å². The second kappa shape index (κ2) is 7.53. The van der Waals surface area contributed by atoms with Gasteiger partial charge in [-0.05, 0) is 45.1 Å². The minimum Gasteiger partial charge on any atom is -0.314 e. The van der Waals surface area contributed by atoms with E-state index in [1.807, 2.05) is 0 Å². The van der Waals surface area contributed by atoms with Gasteiger partial charge in [-0.2, -0.15) is 0 Å². The molecule has 1 nitrogen and oxygen atoms in total. The average Bonchev–Trinajstić information content (AvgIpc) is 2.25. The summed E-state index contributed by atoms with van der Waals surface area (Å²) in [6.45, 7) is 3.50. The number of hydrogen-bond acceptors (Lipinski definition) is 1. The standard InChI is InChI=1S/C12H24ClN/c1-11(6-5-9-13)14-10-12-7-3-2-4-8-12/h11-12,14H,2-10H2,1H3. The van der Waals surface area contributed by atoms with E-state index in [0.29, 0.717) is 6.04 Å². The molecule has 14 heavy (non-hydrogen) atoms. The lowest BCUT2D eigenvalue weighted by Crippen LogP contribution is -2.32. The van der Waals surface area contributed by atoms with Crippen molar-refractivity contribution in [1.29, 1.82) is 0 Å². The fourth-order valence-corrected chi connectivity index (χ4v) is 2.40. The monoisotopic (exact) mass is 217 g/mol. The Hall–Kier alpha value is 0.250. The van der Waals surface area contributed by atoms with Crippen molar-refractivity contribution in [2.24, 2.45) is 5.92 Å². The molecule has 0 saturated heterocycles. The molecule has 1 aliphatic rings. The van der Waals surface area contributed by atoms with Crippen molar-refractivity contribution in [1.82, 2.24) is 5.32 Å². The Morgan fingerprint density at radius 2 is 2.00 bits per heavy atom. The van der Waals surface area contributed by atoms with Crippen molar-refractivity contribution < 1.29 is 0 Å². The van der Waals surface area contributed by atoms with E-state index in [0.717, 1.165) is 18.2 Å². The van der Waals surface area contributed by atoms with Crippen LogP contribution in [0.1, 0.15) is 51.9 Å². The van der Waals surface area contributed by atoms with Gasteiger partial charge in [0.1, 0.15) is 0 Å². The Balaban J connectivity index is 2.00. The average molecular weight is 218 g/mol. The number of alkyl halides is 1. The first-order valence-corrected chi connectivity index (χ1v) is 6.65. The van der Waals surface area contributed by atoms with Crippen molar-refractivity contribution in [2.45, 2.75) is 57.9 Å². The molecule has 1 N–H and O–H groups in total. The van der Waals surface area contributed by atoms with Gasteiger partial charge in [0.05, 0.1) is 0 Å². The first kappa shape index (κ1) is 12.3. The molecule has 1 atom stereocenters. The van der Waals surface area contributed by atoms with E-state index >= 15 is 0 Å². The molecule has 0 aromatic carbocycles. The zero-order valence-electron chi connectivity index (χ0n) is 9.40. The molecule has 0 aromatic rings. The summed E-state index contributed by atoms with van der Waals surface area (Å²) in [5, 5.41) is 3.63. The lowest BCUT2D eigenvalue weighted by molar-refractivity contribution is 0.327. The molecule has 1 rings (SSSR count). The second-order valence-electron chi connectivity index (χ2n) is 4.64. The molecule has 0 aliphatic heterocycles. The summed E-state index contributed by atoms with van der Waals surface area (Å²) in [5.74, 6) is 1.75. The maximum Gasteiger partial charge on any atom is 0.0224 e. The lowest BCUT2D eigenvalue weighted by atomic mass is 9.89. The van der Waals surface area contributed by atoms with E-state index in [2.05, 4.69) is 12.2 Å². The molecule has 1 fully saturated rings. The highest BCUT2D eigenvalue weighted by Gasteiger charge is 2.13. The molecule has 0 bridgehead atoms. The van der Waals surface area contributed by atoms with Crippen LogP contribution in [0.5, 0.6) is 0 Å². The fourth-order valence-electron chi connectivity index (χ4n) is 2.24. The Morgan fingerprint density at radius 1 is 1.29 bits per heavy atom. The number of nitrogens with one attached hydrogen (secondary N) is 1. The third-order valence-corrected chi connectivity index (χ3v) is 3.52. The van der Waals surface area contributed by atoms with Gasteiger partial charge < -0.3 is 5.32 Å². The van der Waals surface area contributed by atoms with E-state index in [4.69, 9.17) is 11.6 Å². The molecule has 1 aliphatic carbocycles. The first-order chi connectivity index (χ1) is 6.83. The van der Waals surface area contributed by atoms with Crippen LogP contribution in [0.2, 0.25) is 0 Å². The van der Waals surface area contributed by atoms with Crippen molar-refractivity contribution in [3.8, 4) is 0 Å². The maximum atomic E-state index is 5.67. The molecule has 0 radical (unpaired) electrons. The third kappa shape index (κ3) is 5.21. The van der Waals surface area contributed by atoms with Gasteiger partial charge in [0, 0.05) is 11.9 Å². The van der Waals surface area contributed by atoms with Crippen LogP contribution >= 0.6 is 11.6 Å². The molecular formula is C12H24ClN. The minimum absolute atomic E-state index is 0.649. The predicted octanol–water partition coefficient (Wildman–Crippen LogP) is 3.56. The van der Waals surface area contributed by atoms with Crippen LogP contribution < -0.4 is 5.32 Å². The maximum absolute atomic E-state index is 5.67. The van der Waals surface area contributed by atoms with Gasteiger partial charge in [0.2, 0.25) is 0 Å². The SMILES string of the molecule is CC(CCCCl)NCC1CCCCC1. The Morgan fingerprint density at radius 3 is 2.64 bits per heavy atom. The molecule has 1 saturated carbocycles. The number of hydrogen-bond donors (Lipinski definition) is 1. The number of rotatable bonds is 6. The normalized spacial score (nSPS) is 21.0. The highest BCUT2D eigenvalue weighted by atomic mass is 35.5. The molecule has 2 heteroatoms. The van der Waals surface area contributed by atoms with Gasteiger partial charge in [0.25, 0.3) is 0 Å². The van der Waals surface area contributed by atoms with Gasteiger partial charge in [-0.15, -0.1) is 11.6 Å². The van der Waals surface area contributed by atoms with Gasteiger partial charge in [-0.1, -0.05) is 19.3 Å². The number of halogens is 1. The summed E-state index contributed by atoms with van der Waals surface area (Å²) in [6, 6.07) is 0.649. The summed E-state index contributed by atoms with van der Waals surface area (Å²) < 4.78 is 0. The van der Waals surface area contributed by atoms with E-state index in [9.17, 15) is 0 Å². The van der Waals surface area contributed by atoms with Crippen LogP contribution in [-0.2, 0) is 0 Å². The van der Waals surface area contributed by atoms with E-state index in [1.54, 1.807) is 0 Å². The van der Waals surface area contributed by atoms with Crippen LogP contribution in [0.25, 0.3) is 0 Å². The lowest BCUT2D eigenvalue weighted by Gasteiger charge is -2.24. The largest absolute Gasteiger partial charge is 0.314 e. The predicted molar refractivity (Wildman–Crippen MR) is 64.0 cm³/mol. The van der Waals surface area contributed by atoms with Gasteiger partial charge in [-0.25, -0.2) is 0 Å². The quantitative estimate of drug-likeness (QED) is 0.671. The van der Waals surface area contributed by atoms with Crippen LogP contribution in [0, 0.1) is 5.92 Å². The molecular weight excluding hydrogens is 194 g/mol. The van der Waals surface area contributed by atoms with Crippen LogP contribution in [0.4, 0.5) is 0 Å². The van der Waals surface area contributed by atoms with Gasteiger partial charge in [-0.3, -0.25) is 0 Å². The molecule has 0 heterocycles. The second-order valence-corrected chi connectivity index (χ2v) is 5.02. The van der Waals surface area contributed by atoms with Crippen molar-refractivity contribution in [2.75, 3.05) is 12.4 Å². The van der Waals surface area contributed by atoms with Crippen molar-refractivity contribution in [3.05, 3.63) is 0 Å². The highest BCUT2D eigenvalue weighted by molar-refractivity contribution is 6.17. The molecule has 0 aromatic heterocycles. The summed E-state index contributed by atoms with van der Waals surface area (Å²) in [6.07, 6.45) is 9.59. The fraction of sp³-hybridized carbons (Fsp3) is 1.00. The minimum atomic E-state index is 0.649. The van der Waals surface area contributed by atoms with E-state index in [-0.39, 0.29) is 0 Å². The smallest absolute Gasteiger partial charge is 0.0224 e. The zero-order valence-corrected chi connectivity index (χ0v) is 10.2. The topological polar surface area (TPSA) is 12.0 Å². The summed E-state index contributed by atoms with van der Waals surface area (Å²) in [4.78, 5) is 0. The van der Waals surface area contributed by atoms with E-state index < -0.39 is 0 Å². The van der Waals surface area contributed by atoms with E-state index in [1.165, 1.54) is 45.1 Å². The first-order valence-electron chi connectivity index (χ1n) is 6.12. The molecule has 0 spiro atoms. The molecule has 0 amide bonds. The molecule has 84 valence electrons. The Kier molecular flexibility index (Phi) is 6.63. The van der Waals surface area contributed by atoms with Crippen LogP contribution in [-0.4, -0.2) is 18.5 Å². The zero-order chi connectivity index (χ0) is 10.2. The van der Waals surface area contributed by atoms with Crippen LogP contribution in [0.15, 0.2) is 0 Å². The third-order valence-electron chi connectivity index (χ3n) is 3.25. The molecule has 1 unspecified atom stereocenters. The Bertz CT molecular complexity index is 132. The van der Waals surface area contributed by atoms with Crippen molar-refractivity contribution >= 4 is 11.6 Å². The summed E-state index contributed by atoms with van der Waals surface area (Å²) >= 11 is 5.67. The summed E-state index contributed by atoms with van der Waals surface area (Å²) in [7, 11) is 0. The highest BCUT2D eigenvalue weighted by Crippen LogP contribution is 2.22.